The first-order chi connectivity index (χ1) is 9.65. The number of aliphatic carboxylic acids is 1. The van der Waals surface area contributed by atoms with Crippen LogP contribution in [0, 0.1) is 0 Å². The lowest BCUT2D eigenvalue weighted by molar-refractivity contribution is -0.143. The second-order valence-electron chi connectivity index (χ2n) is 5.50. The zero-order valence-corrected chi connectivity index (χ0v) is 11.5. The van der Waals surface area contributed by atoms with E-state index in [0.29, 0.717) is 12.8 Å². The highest BCUT2D eigenvalue weighted by atomic mass is 16.4. The molecule has 1 aromatic carbocycles. The first-order valence-corrected chi connectivity index (χ1v) is 6.96. The second-order valence-corrected chi connectivity index (χ2v) is 5.50. The van der Waals surface area contributed by atoms with E-state index in [9.17, 15) is 9.90 Å². The molecule has 1 heterocycles. The van der Waals surface area contributed by atoms with Gasteiger partial charge in [0.25, 0.3) is 0 Å². The molecular formula is C16H18N2O2. The Hall–Kier alpha value is -2.10. The molecule has 0 unspecified atom stereocenters. The summed E-state index contributed by atoms with van der Waals surface area (Å²) in [5.41, 5.74) is 1.09. The SMILES string of the molecule is Cn1ccnc1-c1ccccc1C1(C(=O)O)CCCC1. The molecule has 104 valence electrons. The van der Waals surface area contributed by atoms with Crippen molar-refractivity contribution in [2.45, 2.75) is 31.1 Å². The van der Waals surface area contributed by atoms with Gasteiger partial charge < -0.3 is 9.67 Å². The van der Waals surface area contributed by atoms with Crippen LogP contribution in [-0.4, -0.2) is 20.6 Å². The van der Waals surface area contributed by atoms with Crippen molar-refractivity contribution in [3.63, 3.8) is 0 Å². The van der Waals surface area contributed by atoms with Gasteiger partial charge in [0, 0.05) is 25.0 Å². The maximum absolute atomic E-state index is 11.9. The van der Waals surface area contributed by atoms with Gasteiger partial charge >= 0.3 is 5.97 Å². The van der Waals surface area contributed by atoms with Crippen molar-refractivity contribution in [1.29, 1.82) is 0 Å². The highest BCUT2D eigenvalue weighted by Gasteiger charge is 2.44. The minimum absolute atomic E-state index is 0.711. The molecule has 0 atom stereocenters. The third-order valence-electron chi connectivity index (χ3n) is 4.37. The number of nitrogens with zero attached hydrogens (tertiary/aromatic N) is 2. The zero-order valence-electron chi connectivity index (χ0n) is 11.5. The van der Waals surface area contributed by atoms with Crippen LogP contribution in [0.15, 0.2) is 36.7 Å². The fourth-order valence-electron chi connectivity index (χ4n) is 3.30. The van der Waals surface area contributed by atoms with E-state index in [2.05, 4.69) is 4.98 Å². The Kier molecular flexibility index (Phi) is 3.08. The Labute approximate surface area is 118 Å². The molecule has 0 radical (unpaired) electrons. The number of rotatable bonds is 3. The number of aryl methyl sites for hydroxylation is 1. The summed E-state index contributed by atoms with van der Waals surface area (Å²) in [7, 11) is 1.93. The van der Waals surface area contributed by atoms with E-state index in [-0.39, 0.29) is 0 Å². The average molecular weight is 270 g/mol. The van der Waals surface area contributed by atoms with Gasteiger partial charge in [0.15, 0.2) is 0 Å². The van der Waals surface area contributed by atoms with Gasteiger partial charge in [0.05, 0.1) is 5.41 Å². The summed E-state index contributed by atoms with van der Waals surface area (Å²) in [6.45, 7) is 0. The number of carbonyl (C=O) groups is 1. The Bertz CT molecular complexity index is 639. The van der Waals surface area contributed by atoms with E-state index in [0.717, 1.165) is 29.8 Å². The van der Waals surface area contributed by atoms with Gasteiger partial charge in [-0.15, -0.1) is 0 Å². The highest BCUT2D eigenvalue weighted by molar-refractivity contribution is 5.85. The number of carboxylic acid groups (broad SMARTS) is 1. The summed E-state index contributed by atoms with van der Waals surface area (Å²) >= 11 is 0. The van der Waals surface area contributed by atoms with Gasteiger partial charge in [-0.05, 0) is 18.4 Å². The molecule has 0 bridgehead atoms. The van der Waals surface area contributed by atoms with Crippen LogP contribution < -0.4 is 0 Å². The molecule has 0 spiro atoms. The second kappa shape index (κ2) is 4.78. The predicted molar refractivity (Wildman–Crippen MR) is 76.4 cm³/mol. The molecule has 4 nitrogen and oxygen atoms in total. The average Bonchev–Trinajstić information content (AvgIpc) is 3.08. The molecule has 1 N–H and O–H groups in total. The van der Waals surface area contributed by atoms with Gasteiger partial charge in [-0.25, -0.2) is 4.98 Å². The molecule has 2 aromatic rings. The number of benzene rings is 1. The summed E-state index contributed by atoms with van der Waals surface area (Å²) < 4.78 is 1.93. The summed E-state index contributed by atoms with van der Waals surface area (Å²) in [4.78, 5) is 16.3. The van der Waals surface area contributed by atoms with E-state index < -0.39 is 11.4 Å². The molecule has 1 aromatic heterocycles. The number of imidazole rings is 1. The number of hydrogen-bond donors (Lipinski definition) is 1. The molecule has 1 aliphatic rings. The van der Waals surface area contributed by atoms with E-state index in [4.69, 9.17) is 0 Å². The largest absolute Gasteiger partial charge is 0.481 e. The molecule has 1 saturated carbocycles. The van der Waals surface area contributed by atoms with Crippen LogP contribution in [0.25, 0.3) is 11.4 Å². The fraction of sp³-hybridized carbons (Fsp3) is 0.375. The van der Waals surface area contributed by atoms with Gasteiger partial charge in [-0.2, -0.15) is 0 Å². The topological polar surface area (TPSA) is 55.1 Å². The van der Waals surface area contributed by atoms with Crippen molar-refractivity contribution in [3.05, 3.63) is 42.2 Å². The summed E-state index contributed by atoms with van der Waals surface area (Å²) in [6, 6.07) is 7.78. The third-order valence-corrected chi connectivity index (χ3v) is 4.37. The zero-order chi connectivity index (χ0) is 14.2. The Morgan fingerprint density at radius 1 is 1.30 bits per heavy atom. The lowest BCUT2D eigenvalue weighted by Gasteiger charge is -2.26. The Balaban J connectivity index is 2.20. The normalized spacial score (nSPS) is 17.2. The highest BCUT2D eigenvalue weighted by Crippen LogP contribution is 2.44. The van der Waals surface area contributed by atoms with Crippen LogP contribution in [0.4, 0.5) is 0 Å². The summed E-state index contributed by atoms with van der Waals surface area (Å²) in [5.74, 6) is 0.116. The van der Waals surface area contributed by atoms with Crippen LogP contribution >= 0.6 is 0 Å². The van der Waals surface area contributed by atoms with Gasteiger partial charge in [0.1, 0.15) is 5.82 Å². The van der Waals surface area contributed by atoms with Crippen molar-refractivity contribution in [1.82, 2.24) is 9.55 Å². The Morgan fingerprint density at radius 3 is 2.60 bits per heavy atom. The van der Waals surface area contributed by atoms with Crippen LogP contribution in [0.3, 0.4) is 0 Å². The number of carboxylic acids is 1. The maximum Gasteiger partial charge on any atom is 0.314 e. The van der Waals surface area contributed by atoms with Gasteiger partial charge in [-0.1, -0.05) is 37.1 Å². The summed E-state index contributed by atoms with van der Waals surface area (Å²) in [6.07, 6.45) is 7.00. The minimum atomic E-state index is -0.747. The smallest absolute Gasteiger partial charge is 0.314 e. The number of hydrogen-bond acceptors (Lipinski definition) is 2. The van der Waals surface area contributed by atoms with Gasteiger partial charge in [0.2, 0.25) is 0 Å². The van der Waals surface area contributed by atoms with Crippen molar-refractivity contribution < 1.29 is 9.90 Å². The predicted octanol–water partition coefficient (Wildman–Crippen LogP) is 2.98. The van der Waals surface area contributed by atoms with E-state index in [1.165, 1.54) is 0 Å². The molecule has 1 aliphatic carbocycles. The molecule has 0 amide bonds. The van der Waals surface area contributed by atoms with Gasteiger partial charge in [-0.3, -0.25) is 4.79 Å². The standard InChI is InChI=1S/C16H18N2O2/c1-18-11-10-17-14(18)12-6-2-3-7-13(12)16(15(19)20)8-4-5-9-16/h2-3,6-7,10-11H,4-5,8-9H2,1H3,(H,19,20). The van der Waals surface area contributed by atoms with Crippen molar-refractivity contribution in [2.75, 3.05) is 0 Å². The molecule has 20 heavy (non-hydrogen) atoms. The first kappa shape index (κ1) is 12.9. The van der Waals surface area contributed by atoms with E-state index >= 15 is 0 Å². The molecule has 3 rings (SSSR count). The lowest BCUT2D eigenvalue weighted by Crippen LogP contribution is -2.33. The molecule has 0 saturated heterocycles. The molecular weight excluding hydrogens is 252 g/mol. The molecule has 4 heteroatoms. The third kappa shape index (κ3) is 1.83. The first-order valence-electron chi connectivity index (χ1n) is 6.96. The maximum atomic E-state index is 11.9. The molecule has 0 aliphatic heterocycles. The van der Waals surface area contributed by atoms with E-state index in [1.807, 2.05) is 42.1 Å². The van der Waals surface area contributed by atoms with Crippen LogP contribution in [-0.2, 0) is 17.3 Å². The quantitative estimate of drug-likeness (QED) is 0.932. The summed E-state index contributed by atoms with van der Waals surface area (Å²) in [5, 5.41) is 9.78. The lowest BCUT2D eigenvalue weighted by atomic mass is 9.76. The molecule has 1 fully saturated rings. The van der Waals surface area contributed by atoms with Crippen molar-refractivity contribution in [3.8, 4) is 11.4 Å². The van der Waals surface area contributed by atoms with E-state index in [1.54, 1.807) is 6.20 Å². The number of aromatic nitrogens is 2. The van der Waals surface area contributed by atoms with Crippen molar-refractivity contribution >= 4 is 5.97 Å². The minimum Gasteiger partial charge on any atom is -0.481 e. The van der Waals surface area contributed by atoms with Crippen molar-refractivity contribution in [2.24, 2.45) is 7.05 Å². The Morgan fingerprint density at radius 2 is 2.00 bits per heavy atom. The monoisotopic (exact) mass is 270 g/mol. The van der Waals surface area contributed by atoms with Crippen LogP contribution in [0.1, 0.15) is 31.2 Å². The van der Waals surface area contributed by atoms with Crippen LogP contribution in [0.5, 0.6) is 0 Å². The van der Waals surface area contributed by atoms with Crippen LogP contribution in [0.2, 0.25) is 0 Å². The fourth-order valence-corrected chi connectivity index (χ4v) is 3.30.